The molecule has 2 aliphatic rings. The zero-order valence-electron chi connectivity index (χ0n) is 9.32. The Kier molecular flexibility index (Phi) is 2.22. The van der Waals surface area contributed by atoms with Gasteiger partial charge in [0.25, 0.3) is 5.91 Å². The fourth-order valence-corrected chi connectivity index (χ4v) is 1.88. The minimum atomic E-state index is -0.723. The monoisotopic (exact) mass is 212 g/mol. The highest BCUT2D eigenvalue weighted by molar-refractivity contribution is 6.06. The maximum absolute atomic E-state index is 11.9. The Labute approximate surface area is 89.0 Å². The first-order chi connectivity index (χ1) is 6.98. The van der Waals surface area contributed by atoms with Gasteiger partial charge in [-0.15, -0.1) is 0 Å². The maximum atomic E-state index is 11.9. The maximum Gasteiger partial charge on any atom is 0.327 e. The number of urea groups is 1. The summed E-state index contributed by atoms with van der Waals surface area (Å²) in [6.07, 6.45) is 0.123. The van der Waals surface area contributed by atoms with Gasteiger partial charge in [-0.2, -0.15) is 0 Å². The van der Waals surface area contributed by atoms with Gasteiger partial charge < -0.3 is 9.64 Å². The van der Waals surface area contributed by atoms with E-state index in [0.29, 0.717) is 19.7 Å². The molecule has 2 aliphatic heterocycles. The standard InChI is InChI=1S/C10H16N2O3/c1-4-11-8(13)10(2,3)12(9(11)14)5-7-6-15-7/h7H,4-6H2,1-3H3. The van der Waals surface area contributed by atoms with E-state index in [9.17, 15) is 9.59 Å². The number of likely N-dealkylation sites (N-methyl/N-ethyl adjacent to an activating group) is 1. The van der Waals surface area contributed by atoms with E-state index in [0.717, 1.165) is 0 Å². The molecular formula is C10H16N2O3. The van der Waals surface area contributed by atoms with Crippen molar-refractivity contribution >= 4 is 11.9 Å². The van der Waals surface area contributed by atoms with Crippen LogP contribution in [-0.2, 0) is 9.53 Å². The third-order valence-electron chi connectivity index (χ3n) is 3.01. The molecule has 3 amide bonds. The van der Waals surface area contributed by atoms with Crippen LogP contribution in [0.5, 0.6) is 0 Å². The molecule has 0 bridgehead atoms. The normalized spacial score (nSPS) is 28.9. The Hall–Kier alpha value is -1.10. The van der Waals surface area contributed by atoms with E-state index in [1.54, 1.807) is 18.7 Å². The number of hydrogen-bond donors (Lipinski definition) is 0. The molecule has 0 spiro atoms. The van der Waals surface area contributed by atoms with Crippen LogP contribution in [0.2, 0.25) is 0 Å². The van der Waals surface area contributed by atoms with E-state index in [-0.39, 0.29) is 18.0 Å². The summed E-state index contributed by atoms with van der Waals surface area (Å²) >= 11 is 0. The summed E-state index contributed by atoms with van der Waals surface area (Å²) in [4.78, 5) is 26.7. The molecule has 0 aromatic carbocycles. The summed E-state index contributed by atoms with van der Waals surface area (Å²) in [7, 11) is 0. The second kappa shape index (κ2) is 3.20. The van der Waals surface area contributed by atoms with Gasteiger partial charge in [-0.05, 0) is 20.8 Å². The fourth-order valence-electron chi connectivity index (χ4n) is 1.88. The van der Waals surface area contributed by atoms with Gasteiger partial charge >= 0.3 is 6.03 Å². The molecule has 1 atom stereocenters. The lowest BCUT2D eigenvalue weighted by atomic mass is 10.0. The first-order valence-electron chi connectivity index (χ1n) is 5.23. The number of rotatable bonds is 3. The van der Waals surface area contributed by atoms with Gasteiger partial charge in [0, 0.05) is 6.54 Å². The number of carbonyl (C=O) groups is 2. The van der Waals surface area contributed by atoms with E-state index in [4.69, 9.17) is 4.74 Å². The Morgan fingerprint density at radius 1 is 1.47 bits per heavy atom. The number of nitrogens with zero attached hydrogens (tertiary/aromatic N) is 2. The minimum absolute atomic E-state index is 0.115. The number of epoxide rings is 1. The predicted octanol–water partition coefficient (Wildman–Crippen LogP) is 0.448. The summed E-state index contributed by atoms with van der Waals surface area (Å²) in [6, 6.07) is -0.192. The van der Waals surface area contributed by atoms with Crippen LogP contribution in [0.3, 0.4) is 0 Å². The molecule has 0 aliphatic carbocycles. The summed E-state index contributed by atoms with van der Waals surface area (Å²) in [6.45, 7) is 7.02. The van der Waals surface area contributed by atoms with Crippen molar-refractivity contribution in [2.75, 3.05) is 19.7 Å². The third kappa shape index (κ3) is 1.51. The molecule has 0 N–H and O–H groups in total. The highest BCUT2D eigenvalue weighted by Gasteiger charge is 2.51. The largest absolute Gasteiger partial charge is 0.371 e. The van der Waals surface area contributed by atoms with Gasteiger partial charge in [-0.25, -0.2) is 4.79 Å². The van der Waals surface area contributed by atoms with Crippen LogP contribution in [0.25, 0.3) is 0 Å². The first kappa shape index (κ1) is 10.4. The zero-order chi connectivity index (χ0) is 11.2. The van der Waals surface area contributed by atoms with Crippen LogP contribution in [0.15, 0.2) is 0 Å². The lowest BCUT2D eigenvalue weighted by molar-refractivity contribution is -0.131. The summed E-state index contributed by atoms with van der Waals surface area (Å²) < 4.78 is 5.09. The van der Waals surface area contributed by atoms with Crippen molar-refractivity contribution < 1.29 is 14.3 Å². The van der Waals surface area contributed by atoms with Crippen LogP contribution < -0.4 is 0 Å². The highest BCUT2D eigenvalue weighted by Crippen LogP contribution is 2.29. The molecule has 0 radical (unpaired) electrons. The summed E-state index contributed by atoms with van der Waals surface area (Å²) in [5.74, 6) is -0.115. The minimum Gasteiger partial charge on any atom is -0.371 e. The lowest BCUT2D eigenvalue weighted by Crippen LogP contribution is -2.45. The van der Waals surface area contributed by atoms with E-state index in [1.165, 1.54) is 4.90 Å². The van der Waals surface area contributed by atoms with Gasteiger partial charge in [-0.1, -0.05) is 0 Å². The van der Waals surface area contributed by atoms with Crippen LogP contribution in [-0.4, -0.2) is 53.1 Å². The van der Waals surface area contributed by atoms with Gasteiger partial charge in [0.2, 0.25) is 0 Å². The van der Waals surface area contributed by atoms with Crippen molar-refractivity contribution in [3.8, 4) is 0 Å². The molecule has 2 fully saturated rings. The molecular weight excluding hydrogens is 196 g/mol. The zero-order valence-corrected chi connectivity index (χ0v) is 9.32. The molecule has 15 heavy (non-hydrogen) atoms. The number of hydrogen-bond acceptors (Lipinski definition) is 3. The molecule has 5 heteroatoms. The molecule has 5 nitrogen and oxygen atoms in total. The molecule has 0 aromatic heterocycles. The average Bonchev–Trinajstić information content (AvgIpc) is 2.94. The third-order valence-corrected chi connectivity index (χ3v) is 3.01. The Morgan fingerprint density at radius 3 is 2.47 bits per heavy atom. The van der Waals surface area contributed by atoms with Gasteiger partial charge in [0.1, 0.15) is 5.54 Å². The van der Waals surface area contributed by atoms with Crippen molar-refractivity contribution in [2.24, 2.45) is 0 Å². The van der Waals surface area contributed by atoms with E-state index in [1.807, 2.05) is 6.92 Å². The lowest BCUT2D eigenvalue weighted by Gasteiger charge is -2.26. The molecule has 2 rings (SSSR count). The Balaban J connectivity index is 2.20. The number of imide groups is 1. The number of ether oxygens (including phenoxy) is 1. The first-order valence-corrected chi connectivity index (χ1v) is 5.23. The second-order valence-corrected chi connectivity index (χ2v) is 4.46. The number of carbonyl (C=O) groups excluding carboxylic acids is 2. The average molecular weight is 212 g/mol. The summed E-state index contributed by atoms with van der Waals surface area (Å²) in [5.41, 5.74) is -0.723. The Morgan fingerprint density at radius 2 is 2.07 bits per heavy atom. The molecule has 84 valence electrons. The van der Waals surface area contributed by atoms with E-state index in [2.05, 4.69) is 0 Å². The fraction of sp³-hybridized carbons (Fsp3) is 0.800. The van der Waals surface area contributed by atoms with Crippen LogP contribution in [0.4, 0.5) is 4.79 Å². The van der Waals surface area contributed by atoms with Gasteiger partial charge in [0.05, 0.1) is 19.3 Å². The quantitative estimate of drug-likeness (QED) is 0.504. The van der Waals surface area contributed by atoms with Gasteiger partial charge in [-0.3, -0.25) is 9.69 Å². The van der Waals surface area contributed by atoms with Crippen molar-refractivity contribution in [3.63, 3.8) is 0 Å². The predicted molar refractivity (Wildman–Crippen MR) is 53.3 cm³/mol. The van der Waals surface area contributed by atoms with E-state index >= 15 is 0 Å². The van der Waals surface area contributed by atoms with Gasteiger partial charge in [0.15, 0.2) is 0 Å². The van der Waals surface area contributed by atoms with E-state index < -0.39 is 5.54 Å². The molecule has 1 unspecified atom stereocenters. The van der Waals surface area contributed by atoms with Crippen LogP contribution in [0.1, 0.15) is 20.8 Å². The smallest absolute Gasteiger partial charge is 0.327 e. The molecule has 2 heterocycles. The number of amides is 3. The molecule has 2 saturated heterocycles. The van der Waals surface area contributed by atoms with Crippen LogP contribution >= 0.6 is 0 Å². The Bertz CT molecular complexity index is 310. The van der Waals surface area contributed by atoms with Crippen molar-refractivity contribution in [1.29, 1.82) is 0 Å². The highest BCUT2D eigenvalue weighted by atomic mass is 16.6. The summed E-state index contributed by atoms with van der Waals surface area (Å²) in [5, 5.41) is 0. The topological polar surface area (TPSA) is 53.2 Å². The molecule has 0 aromatic rings. The van der Waals surface area contributed by atoms with Crippen molar-refractivity contribution in [3.05, 3.63) is 0 Å². The van der Waals surface area contributed by atoms with Crippen LogP contribution in [0, 0.1) is 0 Å². The van der Waals surface area contributed by atoms with Crippen molar-refractivity contribution in [2.45, 2.75) is 32.4 Å². The second-order valence-electron chi connectivity index (χ2n) is 4.46. The SMILES string of the molecule is CCN1C(=O)N(CC2CO2)C(C)(C)C1=O. The van der Waals surface area contributed by atoms with Crippen molar-refractivity contribution in [1.82, 2.24) is 9.80 Å². The molecule has 0 saturated carbocycles.